The Morgan fingerprint density at radius 1 is 1.17 bits per heavy atom. The monoisotopic (exact) mass is 407 g/mol. The molecule has 6 nitrogen and oxygen atoms in total. The van der Waals surface area contributed by atoms with Crippen molar-refractivity contribution in [2.45, 2.75) is 31.3 Å². The Hall–Kier alpha value is -2.77. The standard InChI is InChI=1S/C22H22N4O2S/c1-22(15-8-3-2-4-9-15)20(27)26(21(28)24-22)14-25-13-7-11-17(25)19-23-16-10-5-6-12-18(16)29-19/h2-6,8-10,12,17H,7,11,13-14H2,1H3,(H,24,28)/p+1/t17-,22+/m1/s1. The van der Waals surface area contributed by atoms with Gasteiger partial charge in [0.1, 0.15) is 11.6 Å². The second-order valence-electron chi connectivity index (χ2n) is 7.94. The molecule has 3 heterocycles. The Kier molecular flexibility index (Phi) is 4.37. The molecule has 2 aromatic carbocycles. The lowest BCUT2D eigenvalue weighted by Crippen LogP contribution is -3.12. The smallest absolute Gasteiger partial charge is 0.319 e. The van der Waals surface area contributed by atoms with Gasteiger partial charge in [-0.1, -0.05) is 42.5 Å². The number of nitrogens with zero attached hydrogens (tertiary/aromatic N) is 2. The second kappa shape index (κ2) is 6.93. The number of carbonyl (C=O) groups excluding carboxylic acids is 2. The second-order valence-corrected chi connectivity index (χ2v) is 9.00. The number of nitrogens with one attached hydrogen (secondary N) is 2. The van der Waals surface area contributed by atoms with Crippen LogP contribution in [-0.2, 0) is 10.3 Å². The van der Waals surface area contributed by atoms with Gasteiger partial charge in [-0.3, -0.25) is 4.79 Å². The van der Waals surface area contributed by atoms with Crippen molar-refractivity contribution >= 4 is 33.5 Å². The Bertz CT molecular complexity index is 1050. The first-order valence-electron chi connectivity index (χ1n) is 9.96. The van der Waals surface area contributed by atoms with Crippen molar-refractivity contribution in [3.8, 4) is 0 Å². The summed E-state index contributed by atoms with van der Waals surface area (Å²) in [6.07, 6.45) is 2.09. The van der Waals surface area contributed by atoms with Crippen LogP contribution in [0, 0.1) is 0 Å². The molecule has 7 heteroatoms. The van der Waals surface area contributed by atoms with Crippen molar-refractivity contribution in [3.63, 3.8) is 0 Å². The van der Waals surface area contributed by atoms with E-state index in [2.05, 4.69) is 11.4 Å². The number of urea groups is 1. The lowest BCUT2D eigenvalue weighted by atomic mass is 9.92. The zero-order chi connectivity index (χ0) is 20.0. The van der Waals surface area contributed by atoms with Crippen LogP contribution in [0.15, 0.2) is 54.6 Å². The van der Waals surface area contributed by atoms with Crippen LogP contribution in [-0.4, -0.2) is 35.0 Å². The van der Waals surface area contributed by atoms with Crippen molar-refractivity contribution in [1.29, 1.82) is 0 Å². The van der Waals surface area contributed by atoms with Crippen LogP contribution in [0.2, 0.25) is 0 Å². The summed E-state index contributed by atoms with van der Waals surface area (Å²) >= 11 is 1.72. The number of benzene rings is 2. The summed E-state index contributed by atoms with van der Waals surface area (Å²) in [5.74, 6) is -0.184. The minimum Gasteiger partial charge on any atom is -0.319 e. The molecule has 2 saturated heterocycles. The summed E-state index contributed by atoms with van der Waals surface area (Å²) in [5.41, 5.74) is 0.813. The van der Waals surface area contributed by atoms with Crippen molar-refractivity contribution in [2.75, 3.05) is 13.2 Å². The van der Waals surface area contributed by atoms with Gasteiger partial charge in [0.05, 0.1) is 16.8 Å². The molecule has 148 valence electrons. The van der Waals surface area contributed by atoms with E-state index in [0.717, 1.165) is 35.5 Å². The number of para-hydroxylation sites is 1. The van der Waals surface area contributed by atoms with E-state index in [1.165, 1.54) is 14.5 Å². The van der Waals surface area contributed by atoms with Gasteiger partial charge in [-0.15, -0.1) is 11.3 Å². The van der Waals surface area contributed by atoms with E-state index >= 15 is 0 Å². The lowest BCUT2D eigenvalue weighted by molar-refractivity contribution is -0.925. The highest BCUT2D eigenvalue weighted by Gasteiger charge is 2.51. The van der Waals surface area contributed by atoms with Crippen molar-refractivity contribution in [1.82, 2.24) is 15.2 Å². The highest BCUT2D eigenvalue weighted by atomic mass is 32.1. The fraction of sp³-hybridized carbons (Fsp3) is 0.318. The van der Waals surface area contributed by atoms with E-state index in [1.807, 2.05) is 48.5 Å². The molecule has 3 atom stereocenters. The predicted molar refractivity (Wildman–Crippen MR) is 111 cm³/mol. The SMILES string of the molecule is C[C@@]1(c2ccccc2)NC(=O)N(C[NH+]2CCC[C@@H]2c2nc3ccccc3s2)C1=O. The molecule has 1 unspecified atom stereocenters. The zero-order valence-electron chi connectivity index (χ0n) is 16.2. The van der Waals surface area contributed by atoms with Gasteiger partial charge in [0.2, 0.25) is 0 Å². The molecule has 29 heavy (non-hydrogen) atoms. The Morgan fingerprint density at radius 2 is 1.93 bits per heavy atom. The van der Waals surface area contributed by atoms with E-state index < -0.39 is 5.54 Å². The van der Waals surface area contributed by atoms with E-state index in [0.29, 0.717) is 6.67 Å². The third-order valence-corrected chi connectivity index (χ3v) is 7.23. The van der Waals surface area contributed by atoms with Crippen molar-refractivity contribution < 1.29 is 14.5 Å². The molecule has 0 saturated carbocycles. The van der Waals surface area contributed by atoms with E-state index in [1.54, 1.807) is 18.3 Å². The number of rotatable bonds is 4. The number of imide groups is 1. The van der Waals surface area contributed by atoms with E-state index in [-0.39, 0.29) is 18.0 Å². The molecule has 0 aliphatic carbocycles. The summed E-state index contributed by atoms with van der Waals surface area (Å²) < 4.78 is 1.18. The Balaban J connectivity index is 1.39. The number of hydrogen-bond acceptors (Lipinski definition) is 4. The van der Waals surface area contributed by atoms with Crippen molar-refractivity contribution in [3.05, 3.63) is 65.2 Å². The molecule has 1 aromatic heterocycles. The Labute approximate surface area is 173 Å². The van der Waals surface area contributed by atoms with Gasteiger partial charge in [0.15, 0.2) is 11.7 Å². The number of aromatic nitrogens is 1. The molecule has 3 aromatic rings. The third-order valence-electron chi connectivity index (χ3n) is 6.08. The summed E-state index contributed by atoms with van der Waals surface area (Å²) in [5, 5.41) is 4.00. The topological polar surface area (TPSA) is 66.7 Å². The van der Waals surface area contributed by atoms with Crippen LogP contribution < -0.4 is 10.2 Å². The first-order chi connectivity index (χ1) is 14.1. The van der Waals surface area contributed by atoms with Gasteiger partial charge in [0.25, 0.3) is 5.91 Å². The highest BCUT2D eigenvalue weighted by molar-refractivity contribution is 7.18. The summed E-state index contributed by atoms with van der Waals surface area (Å²) in [6, 6.07) is 17.5. The van der Waals surface area contributed by atoms with Crippen LogP contribution in [0.3, 0.4) is 0 Å². The first-order valence-corrected chi connectivity index (χ1v) is 10.8. The molecule has 0 spiro atoms. The van der Waals surface area contributed by atoms with Gasteiger partial charge in [0, 0.05) is 12.8 Å². The number of fused-ring (bicyclic) bond motifs is 1. The molecule has 3 amide bonds. The molecule has 2 aliphatic rings. The molecule has 2 N–H and O–H groups in total. The van der Waals surface area contributed by atoms with Crippen LogP contribution in [0.5, 0.6) is 0 Å². The number of carbonyl (C=O) groups is 2. The van der Waals surface area contributed by atoms with Gasteiger partial charge in [-0.05, 0) is 24.6 Å². The maximum Gasteiger partial charge on any atom is 0.329 e. The predicted octanol–water partition coefficient (Wildman–Crippen LogP) is 2.44. The quantitative estimate of drug-likeness (QED) is 0.653. The molecular formula is C22H23N4O2S+. The molecule has 0 bridgehead atoms. The fourth-order valence-electron chi connectivity index (χ4n) is 4.45. The van der Waals surface area contributed by atoms with Crippen molar-refractivity contribution in [2.24, 2.45) is 0 Å². The number of hydrogen-bond donors (Lipinski definition) is 2. The maximum atomic E-state index is 13.2. The maximum absolute atomic E-state index is 13.2. The van der Waals surface area contributed by atoms with Gasteiger partial charge < -0.3 is 10.2 Å². The number of thiazole rings is 1. The minimum atomic E-state index is -1.01. The van der Waals surface area contributed by atoms with E-state index in [9.17, 15) is 9.59 Å². The van der Waals surface area contributed by atoms with Crippen LogP contribution in [0.4, 0.5) is 4.79 Å². The van der Waals surface area contributed by atoms with E-state index in [4.69, 9.17) is 4.98 Å². The van der Waals surface area contributed by atoms with Crippen LogP contribution >= 0.6 is 11.3 Å². The van der Waals surface area contributed by atoms with Gasteiger partial charge >= 0.3 is 6.03 Å². The Morgan fingerprint density at radius 3 is 2.72 bits per heavy atom. The molecular weight excluding hydrogens is 384 g/mol. The first kappa shape index (κ1) is 18.3. The minimum absolute atomic E-state index is 0.184. The molecule has 2 fully saturated rings. The fourth-order valence-corrected chi connectivity index (χ4v) is 5.61. The molecule has 2 aliphatic heterocycles. The summed E-state index contributed by atoms with van der Waals surface area (Å²) in [4.78, 5) is 33.4. The third kappa shape index (κ3) is 3.01. The largest absolute Gasteiger partial charge is 0.329 e. The van der Waals surface area contributed by atoms with Crippen LogP contribution in [0.25, 0.3) is 10.2 Å². The van der Waals surface area contributed by atoms with Crippen LogP contribution in [0.1, 0.15) is 36.4 Å². The average molecular weight is 408 g/mol. The average Bonchev–Trinajstić information content (AvgIpc) is 3.42. The van der Waals surface area contributed by atoms with Gasteiger partial charge in [-0.25, -0.2) is 14.7 Å². The summed E-state index contributed by atoms with van der Waals surface area (Å²) in [6.45, 7) is 3.08. The molecule has 5 rings (SSSR count). The van der Waals surface area contributed by atoms with Gasteiger partial charge in [-0.2, -0.15) is 0 Å². The molecule has 0 radical (unpaired) electrons. The number of likely N-dealkylation sites (tertiary alicyclic amines) is 1. The normalized spacial score (nSPS) is 27.0. The zero-order valence-corrected chi connectivity index (χ0v) is 17.0. The highest BCUT2D eigenvalue weighted by Crippen LogP contribution is 2.30. The lowest BCUT2D eigenvalue weighted by Gasteiger charge is -2.25. The number of quaternary nitrogens is 1. The summed E-state index contributed by atoms with van der Waals surface area (Å²) in [7, 11) is 0. The number of amides is 3.